The lowest BCUT2D eigenvalue weighted by Gasteiger charge is -2.18. The van der Waals surface area contributed by atoms with Crippen LogP contribution in [-0.4, -0.2) is 33.3 Å². The van der Waals surface area contributed by atoms with Crippen molar-refractivity contribution >= 4 is 62.6 Å². The Balaban J connectivity index is 1.30. The number of para-hydroxylation sites is 2. The number of halogens is 3. The highest BCUT2D eigenvalue weighted by Crippen LogP contribution is 2.64. The van der Waals surface area contributed by atoms with Crippen LogP contribution in [0, 0.1) is 5.41 Å². The van der Waals surface area contributed by atoms with Crippen molar-refractivity contribution in [2.75, 3.05) is 5.32 Å². The number of benzene rings is 4. The fourth-order valence-corrected chi connectivity index (χ4v) is 5.69. The average Bonchev–Trinajstić information content (AvgIpc) is 3.52. The molecule has 0 saturated heterocycles. The van der Waals surface area contributed by atoms with E-state index < -0.39 is 33.6 Å². The van der Waals surface area contributed by atoms with Gasteiger partial charge in [-0.3, -0.25) is 9.59 Å². The van der Waals surface area contributed by atoms with Crippen molar-refractivity contribution in [1.29, 1.82) is 0 Å². The Morgan fingerprint density at radius 3 is 2.26 bits per heavy atom. The van der Waals surface area contributed by atoms with E-state index in [1.807, 2.05) is 78.9 Å². The molecule has 4 aromatic rings. The number of carboxylic acids is 1. The maximum Gasteiger partial charge on any atom is 0.326 e. The third-order valence-corrected chi connectivity index (χ3v) is 8.99. The van der Waals surface area contributed by atoms with Crippen molar-refractivity contribution < 1.29 is 24.2 Å². The Kier molecular flexibility index (Phi) is 8.83. The lowest BCUT2D eigenvalue weighted by atomic mass is 9.99. The van der Waals surface area contributed by atoms with Crippen LogP contribution in [0.5, 0.6) is 11.5 Å². The molecule has 0 aliphatic heterocycles. The van der Waals surface area contributed by atoms with Crippen LogP contribution < -0.4 is 15.4 Å². The second kappa shape index (κ2) is 12.4. The Morgan fingerprint density at radius 1 is 0.953 bits per heavy atom. The third kappa shape index (κ3) is 6.88. The predicted octanol–water partition coefficient (Wildman–Crippen LogP) is 7.86. The Bertz CT molecular complexity index is 1680. The average molecular weight is 682 g/mol. The summed E-state index contributed by atoms with van der Waals surface area (Å²) in [4.78, 5) is 38.4. The van der Waals surface area contributed by atoms with Crippen LogP contribution in [-0.2, 0) is 16.0 Å². The molecule has 0 aromatic heterocycles. The fraction of sp³-hybridized carbons (Fsp3) is 0.182. The molecule has 1 unspecified atom stereocenters. The number of hydrogen-bond acceptors (Lipinski definition) is 4. The molecule has 0 radical (unpaired) electrons. The first kappa shape index (κ1) is 30.6. The van der Waals surface area contributed by atoms with Crippen LogP contribution in [0.1, 0.15) is 29.3 Å². The normalized spacial score (nSPS) is 17.4. The van der Waals surface area contributed by atoms with Gasteiger partial charge in [0.15, 0.2) is 0 Å². The van der Waals surface area contributed by atoms with E-state index in [4.69, 9.17) is 27.9 Å². The lowest BCUT2D eigenvalue weighted by Crippen LogP contribution is -2.42. The van der Waals surface area contributed by atoms with Crippen LogP contribution >= 0.6 is 39.1 Å². The van der Waals surface area contributed by atoms with Crippen molar-refractivity contribution in [2.24, 2.45) is 5.41 Å². The number of carboxylic acid groups (broad SMARTS) is 1. The summed E-state index contributed by atoms with van der Waals surface area (Å²) >= 11 is 15.6. The molecule has 10 heteroatoms. The topological polar surface area (TPSA) is 105 Å². The maximum absolute atomic E-state index is 13.3. The van der Waals surface area contributed by atoms with E-state index in [0.29, 0.717) is 21.5 Å². The summed E-state index contributed by atoms with van der Waals surface area (Å²) < 4.78 is 5.48. The molecule has 1 aliphatic carbocycles. The van der Waals surface area contributed by atoms with Gasteiger partial charge in [0.1, 0.15) is 21.9 Å². The SMILES string of the molecule is CC1(C(=O)Nc2ccc(Br)cc2C(=O)N[C@@H](Cc2ccc(-c3ccccc3Oc3ccccc3)cc2)C(=O)O)CC1(Cl)Cl. The molecule has 1 fully saturated rings. The Labute approximate surface area is 267 Å². The monoisotopic (exact) mass is 680 g/mol. The van der Waals surface area contributed by atoms with E-state index in [1.165, 1.54) is 6.07 Å². The van der Waals surface area contributed by atoms with Crippen molar-refractivity contribution in [2.45, 2.75) is 30.1 Å². The molecular formula is C33H27BrCl2N2O5. The predicted molar refractivity (Wildman–Crippen MR) is 171 cm³/mol. The minimum Gasteiger partial charge on any atom is -0.480 e. The minimum atomic E-state index is -1.23. The highest BCUT2D eigenvalue weighted by molar-refractivity contribution is 9.10. The van der Waals surface area contributed by atoms with E-state index >= 15 is 0 Å². The zero-order valence-corrected chi connectivity index (χ0v) is 26.0. The number of anilines is 1. The molecule has 5 rings (SSSR count). The van der Waals surface area contributed by atoms with Gasteiger partial charge in [0.05, 0.1) is 16.7 Å². The lowest BCUT2D eigenvalue weighted by molar-refractivity contribution is -0.139. The molecule has 1 aliphatic rings. The molecule has 3 N–H and O–H groups in total. The van der Waals surface area contributed by atoms with Crippen LogP contribution in [0.25, 0.3) is 11.1 Å². The summed E-state index contributed by atoms with van der Waals surface area (Å²) in [6.07, 6.45) is 0.316. The Morgan fingerprint density at radius 2 is 1.60 bits per heavy atom. The maximum atomic E-state index is 13.3. The molecule has 7 nitrogen and oxygen atoms in total. The zero-order valence-electron chi connectivity index (χ0n) is 22.9. The first-order valence-corrected chi connectivity index (χ1v) is 15.0. The molecule has 0 heterocycles. The highest BCUT2D eigenvalue weighted by atomic mass is 79.9. The quantitative estimate of drug-likeness (QED) is 0.148. The molecule has 0 bridgehead atoms. The zero-order chi connectivity index (χ0) is 30.8. The van der Waals surface area contributed by atoms with Gasteiger partial charge in [-0.05, 0) is 60.9 Å². The fourth-order valence-electron chi connectivity index (χ4n) is 4.62. The van der Waals surface area contributed by atoms with Gasteiger partial charge in [-0.2, -0.15) is 0 Å². The van der Waals surface area contributed by atoms with Gasteiger partial charge in [-0.1, -0.05) is 76.6 Å². The molecule has 1 saturated carbocycles. The summed E-state index contributed by atoms with van der Waals surface area (Å²) in [5.41, 5.74) is 1.80. The van der Waals surface area contributed by atoms with E-state index in [0.717, 1.165) is 11.1 Å². The van der Waals surface area contributed by atoms with E-state index in [9.17, 15) is 19.5 Å². The summed E-state index contributed by atoms with van der Waals surface area (Å²) in [6.45, 7) is 1.64. The number of alkyl halides is 2. The standard InChI is InChI=1S/C33H27BrCl2N2O5/c1-32(19-33(32,35)36)31(42)38-26-16-15-22(34)18-25(26)29(39)37-27(30(40)41)17-20-11-13-21(14-12-20)24-9-5-6-10-28(24)43-23-7-3-2-4-8-23/h2-16,18,27H,17,19H2,1H3,(H,37,39)(H,38,42)(H,40,41)/t27-,32?/m0/s1. The molecule has 2 amide bonds. The van der Waals surface area contributed by atoms with Crippen molar-refractivity contribution in [1.82, 2.24) is 5.32 Å². The van der Waals surface area contributed by atoms with Crippen LogP contribution in [0.3, 0.4) is 0 Å². The highest BCUT2D eigenvalue weighted by Gasteiger charge is 2.68. The van der Waals surface area contributed by atoms with E-state index in [-0.39, 0.29) is 24.1 Å². The largest absolute Gasteiger partial charge is 0.480 e. The van der Waals surface area contributed by atoms with Gasteiger partial charge in [-0.15, -0.1) is 23.2 Å². The summed E-state index contributed by atoms with van der Waals surface area (Å²) in [7, 11) is 0. The number of amides is 2. The number of rotatable bonds is 10. The van der Waals surface area contributed by atoms with Crippen molar-refractivity contribution in [3.8, 4) is 22.6 Å². The van der Waals surface area contributed by atoms with E-state index in [1.54, 1.807) is 19.1 Å². The summed E-state index contributed by atoms with van der Waals surface area (Å²) in [5.74, 6) is -0.879. The van der Waals surface area contributed by atoms with E-state index in [2.05, 4.69) is 26.6 Å². The number of carbonyl (C=O) groups is 3. The summed E-state index contributed by atoms with van der Waals surface area (Å²) in [6, 6.07) is 28.0. The first-order valence-electron chi connectivity index (χ1n) is 13.4. The number of ether oxygens (including phenoxy) is 1. The van der Waals surface area contributed by atoms with Gasteiger partial charge in [-0.25, -0.2) is 4.79 Å². The molecule has 0 spiro atoms. The number of hydrogen-bond donors (Lipinski definition) is 3. The molecular weight excluding hydrogens is 655 g/mol. The first-order chi connectivity index (χ1) is 20.5. The molecule has 43 heavy (non-hydrogen) atoms. The number of nitrogens with one attached hydrogen (secondary N) is 2. The third-order valence-electron chi connectivity index (χ3n) is 7.40. The van der Waals surface area contributed by atoms with Crippen LogP contribution in [0.4, 0.5) is 5.69 Å². The van der Waals surface area contributed by atoms with Gasteiger partial charge in [0.25, 0.3) is 5.91 Å². The van der Waals surface area contributed by atoms with Crippen molar-refractivity contribution in [3.05, 3.63) is 113 Å². The van der Waals surface area contributed by atoms with Crippen LogP contribution in [0.15, 0.2) is 102 Å². The molecule has 4 aromatic carbocycles. The smallest absolute Gasteiger partial charge is 0.326 e. The van der Waals surface area contributed by atoms with Gasteiger partial charge in [0, 0.05) is 16.5 Å². The minimum absolute atomic E-state index is 0.0400. The number of aliphatic carboxylic acids is 1. The molecule has 2 atom stereocenters. The van der Waals surface area contributed by atoms with Gasteiger partial charge in [0.2, 0.25) is 5.91 Å². The van der Waals surface area contributed by atoms with Gasteiger partial charge >= 0.3 is 5.97 Å². The summed E-state index contributed by atoms with van der Waals surface area (Å²) in [5, 5.41) is 15.3. The second-order valence-corrected chi connectivity index (χ2v) is 12.9. The van der Waals surface area contributed by atoms with Gasteiger partial charge < -0.3 is 20.5 Å². The molecule has 220 valence electrons. The Hall–Kier alpha value is -3.85. The number of carbonyl (C=O) groups excluding carboxylic acids is 2. The second-order valence-electron chi connectivity index (χ2n) is 10.5. The van der Waals surface area contributed by atoms with Crippen LogP contribution in [0.2, 0.25) is 0 Å². The van der Waals surface area contributed by atoms with Crippen molar-refractivity contribution in [3.63, 3.8) is 0 Å².